The Hall–Kier alpha value is -1.48. The van der Waals surface area contributed by atoms with E-state index < -0.39 is 0 Å². The van der Waals surface area contributed by atoms with Crippen molar-refractivity contribution >= 4 is 11.8 Å². The van der Waals surface area contributed by atoms with Gasteiger partial charge < -0.3 is 4.98 Å². The summed E-state index contributed by atoms with van der Waals surface area (Å²) in [5.41, 5.74) is 2.33. The average molecular weight is 245 g/mol. The first-order valence-electron chi connectivity index (χ1n) is 5.53. The van der Waals surface area contributed by atoms with E-state index in [0.717, 1.165) is 5.56 Å². The lowest BCUT2D eigenvalue weighted by molar-refractivity contribution is 0.905. The predicted molar refractivity (Wildman–Crippen MR) is 72.8 cm³/mol. The molecule has 3 heteroatoms. The molecule has 0 aliphatic heterocycles. The molecule has 1 atom stereocenters. The van der Waals surface area contributed by atoms with Crippen LogP contribution >= 0.6 is 11.8 Å². The minimum Gasteiger partial charge on any atom is -0.329 e. The van der Waals surface area contributed by atoms with Crippen LogP contribution in [0, 0.1) is 0 Å². The number of hydrogen-bond acceptors (Lipinski definition) is 2. The second-order valence-electron chi connectivity index (χ2n) is 3.98. The van der Waals surface area contributed by atoms with Gasteiger partial charge in [-0.25, -0.2) is 0 Å². The van der Waals surface area contributed by atoms with E-state index in [2.05, 4.69) is 42.4 Å². The molecule has 1 aromatic carbocycles. The topological polar surface area (TPSA) is 32.9 Å². The molecule has 1 N–H and O–H groups in total. The van der Waals surface area contributed by atoms with Crippen molar-refractivity contribution < 1.29 is 0 Å². The SMILES string of the molecule is CSc1ccc(C(C)c2ccc(=O)[nH]c2)cc1. The van der Waals surface area contributed by atoms with Gasteiger partial charge in [-0.1, -0.05) is 25.1 Å². The highest BCUT2D eigenvalue weighted by atomic mass is 32.2. The molecule has 0 radical (unpaired) electrons. The van der Waals surface area contributed by atoms with E-state index in [1.807, 2.05) is 6.07 Å². The molecule has 0 aliphatic carbocycles. The standard InChI is InChI=1S/C14H15NOS/c1-10(12-5-8-14(16)15-9-12)11-3-6-13(17-2)7-4-11/h3-10H,1-2H3,(H,15,16). The summed E-state index contributed by atoms with van der Waals surface area (Å²) < 4.78 is 0. The molecule has 2 rings (SSSR count). The first kappa shape index (κ1) is 12.0. The zero-order valence-electron chi connectivity index (χ0n) is 9.94. The van der Waals surface area contributed by atoms with Crippen LogP contribution in [0.3, 0.4) is 0 Å². The van der Waals surface area contributed by atoms with Crippen molar-refractivity contribution in [3.05, 3.63) is 64.1 Å². The molecular formula is C14H15NOS. The van der Waals surface area contributed by atoms with Crippen molar-refractivity contribution in [1.29, 1.82) is 0 Å². The van der Waals surface area contributed by atoms with Crippen molar-refractivity contribution in [3.63, 3.8) is 0 Å². The Balaban J connectivity index is 2.26. The highest BCUT2D eigenvalue weighted by molar-refractivity contribution is 7.98. The van der Waals surface area contributed by atoms with E-state index in [0.29, 0.717) is 5.92 Å². The molecule has 1 aromatic heterocycles. The number of aromatic nitrogens is 1. The number of hydrogen-bond donors (Lipinski definition) is 1. The van der Waals surface area contributed by atoms with Gasteiger partial charge in [0.2, 0.25) is 5.56 Å². The number of H-pyrrole nitrogens is 1. The summed E-state index contributed by atoms with van der Waals surface area (Å²) >= 11 is 1.74. The molecule has 0 saturated carbocycles. The van der Waals surface area contributed by atoms with E-state index in [9.17, 15) is 4.79 Å². The molecular weight excluding hydrogens is 230 g/mol. The van der Waals surface area contributed by atoms with Crippen LogP contribution in [0.1, 0.15) is 24.0 Å². The van der Waals surface area contributed by atoms with Crippen LogP contribution in [0.4, 0.5) is 0 Å². The van der Waals surface area contributed by atoms with Crippen LogP contribution in [0.2, 0.25) is 0 Å². The molecule has 88 valence electrons. The summed E-state index contributed by atoms with van der Waals surface area (Å²) in [6.07, 6.45) is 3.86. The second kappa shape index (κ2) is 5.23. The van der Waals surface area contributed by atoms with Gasteiger partial charge in [-0.3, -0.25) is 4.79 Å². The molecule has 0 spiro atoms. The fourth-order valence-corrected chi connectivity index (χ4v) is 2.19. The monoisotopic (exact) mass is 245 g/mol. The Morgan fingerprint density at radius 3 is 2.24 bits per heavy atom. The highest BCUT2D eigenvalue weighted by Crippen LogP contribution is 2.24. The minimum atomic E-state index is -0.0568. The largest absolute Gasteiger partial charge is 0.329 e. The molecule has 0 bridgehead atoms. The van der Waals surface area contributed by atoms with Gasteiger partial charge in [-0.15, -0.1) is 11.8 Å². The van der Waals surface area contributed by atoms with Crippen LogP contribution in [0.15, 0.2) is 52.3 Å². The Labute approximate surface area is 105 Å². The summed E-state index contributed by atoms with van der Waals surface area (Å²) in [5.74, 6) is 0.294. The summed E-state index contributed by atoms with van der Waals surface area (Å²) in [6.45, 7) is 2.14. The molecule has 2 nitrogen and oxygen atoms in total. The van der Waals surface area contributed by atoms with Crippen molar-refractivity contribution in [3.8, 4) is 0 Å². The highest BCUT2D eigenvalue weighted by Gasteiger charge is 2.08. The van der Waals surface area contributed by atoms with Crippen LogP contribution in [0.5, 0.6) is 0 Å². The number of rotatable bonds is 3. The van der Waals surface area contributed by atoms with Crippen LogP contribution in [0.25, 0.3) is 0 Å². The van der Waals surface area contributed by atoms with E-state index >= 15 is 0 Å². The molecule has 0 fully saturated rings. The quantitative estimate of drug-likeness (QED) is 0.842. The Bertz CT molecular complexity index is 524. The first-order chi connectivity index (χ1) is 8.20. The molecule has 1 heterocycles. The molecule has 0 amide bonds. The van der Waals surface area contributed by atoms with Crippen molar-refractivity contribution in [2.24, 2.45) is 0 Å². The minimum absolute atomic E-state index is 0.0568. The van der Waals surface area contributed by atoms with Crippen LogP contribution in [-0.4, -0.2) is 11.2 Å². The van der Waals surface area contributed by atoms with Gasteiger partial charge in [0, 0.05) is 23.1 Å². The Morgan fingerprint density at radius 1 is 1.06 bits per heavy atom. The lowest BCUT2D eigenvalue weighted by atomic mass is 9.95. The lowest BCUT2D eigenvalue weighted by Crippen LogP contribution is -2.05. The zero-order valence-corrected chi connectivity index (χ0v) is 10.8. The van der Waals surface area contributed by atoms with Gasteiger partial charge >= 0.3 is 0 Å². The maximum atomic E-state index is 11.0. The van der Waals surface area contributed by atoms with E-state index in [4.69, 9.17) is 0 Å². The summed E-state index contributed by atoms with van der Waals surface area (Å²) in [6, 6.07) is 12.0. The Kier molecular flexibility index (Phi) is 3.69. The molecule has 2 aromatic rings. The first-order valence-corrected chi connectivity index (χ1v) is 6.76. The lowest BCUT2D eigenvalue weighted by Gasteiger charge is -2.12. The summed E-state index contributed by atoms with van der Waals surface area (Å²) in [5, 5.41) is 0. The van der Waals surface area contributed by atoms with E-state index in [-0.39, 0.29) is 5.56 Å². The Morgan fingerprint density at radius 2 is 1.71 bits per heavy atom. The fourth-order valence-electron chi connectivity index (χ4n) is 1.78. The maximum Gasteiger partial charge on any atom is 0.247 e. The van der Waals surface area contributed by atoms with Gasteiger partial charge in [0.25, 0.3) is 0 Å². The smallest absolute Gasteiger partial charge is 0.247 e. The zero-order chi connectivity index (χ0) is 12.3. The van der Waals surface area contributed by atoms with E-state index in [1.165, 1.54) is 10.5 Å². The number of aromatic amines is 1. The van der Waals surface area contributed by atoms with E-state index in [1.54, 1.807) is 24.0 Å². The summed E-state index contributed by atoms with van der Waals surface area (Å²) in [4.78, 5) is 15.0. The third kappa shape index (κ3) is 2.80. The number of nitrogens with one attached hydrogen (secondary N) is 1. The third-order valence-electron chi connectivity index (χ3n) is 2.92. The van der Waals surface area contributed by atoms with Gasteiger partial charge in [-0.05, 0) is 29.5 Å². The summed E-state index contributed by atoms with van der Waals surface area (Å²) in [7, 11) is 0. The number of benzene rings is 1. The van der Waals surface area contributed by atoms with Gasteiger partial charge in [0.15, 0.2) is 0 Å². The van der Waals surface area contributed by atoms with Crippen molar-refractivity contribution in [1.82, 2.24) is 4.98 Å². The molecule has 17 heavy (non-hydrogen) atoms. The molecule has 1 unspecified atom stereocenters. The maximum absolute atomic E-state index is 11.0. The second-order valence-corrected chi connectivity index (χ2v) is 4.86. The van der Waals surface area contributed by atoms with Gasteiger partial charge in [0.1, 0.15) is 0 Å². The predicted octanol–water partition coefficient (Wildman–Crippen LogP) is 3.25. The van der Waals surface area contributed by atoms with Crippen molar-refractivity contribution in [2.75, 3.05) is 6.26 Å². The van der Waals surface area contributed by atoms with Crippen LogP contribution < -0.4 is 5.56 Å². The third-order valence-corrected chi connectivity index (χ3v) is 3.67. The fraction of sp³-hybridized carbons (Fsp3) is 0.214. The van der Waals surface area contributed by atoms with Gasteiger partial charge in [0.05, 0.1) is 0 Å². The van der Waals surface area contributed by atoms with Gasteiger partial charge in [-0.2, -0.15) is 0 Å². The molecule has 0 saturated heterocycles. The number of thioether (sulfide) groups is 1. The molecule has 0 aliphatic rings. The normalized spacial score (nSPS) is 12.4. The van der Waals surface area contributed by atoms with Crippen LogP contribution in [-0.2, 0) is 0 Å². The van der Waals surface area contributed by atoms with Crippen molar-refractivity contribution in [2.45, 2.75) is 17.7 Å². The number of pyridine rings is 1. The average Bonchev–Trinajstić information content (AvgIpc) is 2.39.